The number of carboxylic acid groups (broad SMARTS) is 1. The van der Waals surface area contributed by atoms with E-state index in [1.165, 1.54) is 0 Å². The molecular formula is C14H21N3O3S. The SMILES string of the molecule is O=C(O)CN1CCCN(CC(=O)NCc2cccs2)CC1. The monoisotopic (exact) mass is 311 g/mol. The van der Waals surface area contributed by atoms with Crippen LogP contribution in [-0.2, 0) is 16.1 Å². The molecule has 1 aromatic rings. The lowest BCUT2D eigenvalue weighted by atomic mass is 10.3. The first kappa shape index (κ1) is 15.9. The van der Waals surface area contributed by atoms with E-state index in [2.05, 4.69) is 10.2 Å². The van der Waals surface area contributed by atoms with Gasteiger partial charge in [0, 0.05) is 24.5 Å². The second-order valence-corrected chi connectivity index (χ2v) is 6.19. The molecule has 1 amide bonds. The molecule has 7 heteroatoms. The van der Waals surface area contributed by atoms with Gasteiger partial charge in [0.1, 0.15) is 0 Å². The summed E-state index contributed by atoms with van der Waals surface area (Å²) in [4.78, 5) is 27.8. The number of carbonyl (C=O) groups excluding carboxylic acids is 1. The van der Waals surface area contributed by atoms with E-state index in [1.807, 2.05) is 22.4 Å². The second kappa shape index (κ2) is 8.11. The van der Waals surface area contributed by atoms with Crippen LogP contribution in [0, 0.1) is 0 Å². The summed E-state index contributed by atoms with van der Waals surface area (Å²) in [6.45, 7) is 4.09. The number of thiophene rings is 1. The minimum Gasteiger partial charge on any atom is -0.480 e. The quantitative estimate of drug-likeness (QED) is 0.798. The molecule has 21 heavy (non-hydrogen) atoms. The first-order valence-electron chi connectivity index (χ1n) is 7.09. The topological polar surface area (TPSA) is 72.9 Å². The number of nitrogens with zero attached hydrogens (tertiary/aromatic N) is 2. The van der Waals surface area contributed by atoms with E-state index >= 15 is 0 Å². The normalized spacial score (nSPS) is 17.3. The highest BCUT2D eigenvalue weighted by Crippen LogP contribution is 2.07. The van der Waals surface area contributed by atoms with Gasteiger partial charge in [0.2, 0.25) is 5.91 Å². The van der Waals surface area contributed by atoms with Crippen LogP contribution in [0.15, 0.2) is 17.5 Å². The number of nitrogens with one attached hydrogen (secondary N) is 1. The minimum absolute atomic E-state index is 0.0232. The summed E-state index contributed by atoms with van der Waals surface area (Å²) in [5.74, 6) is -0.771. The van der Waals surface area contributed by atoms with E-state index in [0.717, 1.165) is 30.9 Å². The van der Waals surface area contributed by atoms with E-state index in [0.29, 0.717) is 19.6 Å². The Hall–Kier alpha value is -1.44. The summed E-state index contributed by atoms with van der Waals surface area (Å²) in [7, 11) is 0. The van der Waals surface area contributed by atoms with Crippen LogP contribution in [-0.4, -0.2) is 66.1 Å². The first-order valence-corrected chi connectivity index (χ1v) is 7.97. The van der Waals surface area contributed by atoms with Crippen molar-refractivity contribution in [3.63, 3.8) is 0 Å². The molecule has 0 aliphatic carbocycles. The third kappa shape index (κ3) is 5.82. The van der Waals surface area contributed by atoms with Crippen molar-refractivity contribution in [2.45, 2.75) is 13.0 Å². The van der Waals surface area contributed by atoms with Gasteiger partial charge in [-0.2, -0.15) is 0 Å². The number of hydrogen-bond donors (Lipinski definition) is 2. The Labute approximate surface area is 128 Å². The van der Waals surface area contributed by atoms with Crippen molar-refractivity contribution < 1.29 is 14.7 Å². The zero-order chi connectivity index (χ0) is 15.1. The van der Waals surface area contributed by atoms with Gasteiger partial charge in [-0.3, -0.25) is 19.4 Å². The molecule has 1 saturated heterocycles. The van der Waals surface area contributed by atoms with Crippen molar-refractivity contribution in [3.8, 4) is 0 Å². The number of carbonyl (C=O) groups is 2. The van der Waals surface area contributed by atoms with Crippen molar-refractivity contribution in [2.24, 2.45) is 0 Å². The molecule has 0 bridgehead atoms. The largest absolute Gasteiger partial charge is 0.480 e. The van der Waals surface area contributed by atoms with Crippen molar-refractivity contribution in [1.29, 1.82) is 0 Å². The predicted octanol–water partition coefficient (Wildman–Crippen LogP) is 0.457. The second-order valence-electron chi connectivity index (χ2n) is 5.16. The third-order valence-electron chi connectivity index (χ3n) is 3.45. The van der Waals surface area contributed by atoms with Crippen molar-refractivity contribution in [1.82, 2.24) is 15.1 Å². The highest BCUT2D eigenvalue weighted by atomic mass is 32.1. The molecule has 1 aromatic heterocycles. The maximum absolute atomic E-state index is 11.9. The van der Waals surface area contributed by atoms with E-state index in [-0.39, 0.29) is 12.5 Å². The van der Waals surface area contributed by atoms with Crippen LogP contribution >= 0.6 is 11.3 Å². The molecule has 0 radical (unpaired) electrons. The fourth-order valence-corrected chi connectivity index (χ4v) is 3.03. The molecule has 2 heterocycles. The highest BCUT2D eigenvalue weighted by molar-refractivity contribution is 7.09. The molecule has 116 valence electrons. The Kier molecular flexibility index (Phi) is 6.16. The Morgan fingerprint density at radius 2 is 1.90 bits per heavy atom. The van der Waals surface area contributed by atoms with Crippen LogP contribution < -0.4 is 5.32 Å². The number of rotatable bonds is 6. The molecule has 1 aliphatic rings. The highest BCUT2D eigenvalue weighted by Gasteiger charge is 2.18. The molecule has 0 saturated carbocycles. The zero-order valence-electron chi connectivity index (χ0n) is 12.0. The van der Waals surface area contributed by atoms with Crippen molar-refractivity contribution in [2.75, 3.05) is 39.3 Å². The molecule has 2 rings (SSSR count). The number of aliphatic carboxylic acids is 1. The molecule has 1 fully saturated rings. The van der Waals surface area contributed by atoms with Gasteiger partial charge in [0.05, 0.1) is 19.6 Å². The zero-order valence-corrected chi connectivity index (χ0v) is 12.8. The van der Waals surface area contributed by atoms with Crippen LogP contribution in [0.1, 0.15) is 11.3 Å². The fraction of sp³-hybridized carbons (Fsp3) is 0.571. The lowest BCUT2D eigenvalue weighted by molar-refractivity contribution is -0.138. The Bertz CT molecular complexity index is 464. The standard InChI is InChI=1S/C14H21N3O3S/c18-13(15-9-12-3-1-8-21-12)10-16-4-2-5-17(7-6-16)11-14(19)20/h1,3,8H,2,4-7,9-11H2,(H,15,18)(H,19,20). The average molecular weight is 311 g/mol. The predicted molar refractivity (Wildman–Crippen MR) is 81.3 cm³/mol. The Morgan fingerprint density at radius 1 is 1.19 bits per heavy atom. The minimum atomic E-state index is -0.794. The average Bonchev–Trinajstić information content (AvgIpc) is 2.86. The van der Waals surface area contributed by atoms with Gasteiger partial charge in [-0.05, 0) is 24.4 Å². The van der Waals surface area contributed by atoms with E-state index in [1.54, 1.807) is 11.3 Å². The molecule has 6 nitrogen and oxygen atoms in total. The molecule has 0 atom stereocenters. The number of hydrogen-bond acceptors (Lipinski definition) is 5. The number of carboxylic acids is 1. The summed E-state index contributed by atoms with van der Waals surface area (Å²) in [5, 5.41) is 13.7. The van der Waals surface area contributed by atoms with Crippen molar-refractivity contribution >= 4 is 23.2 Å². The fourth-order valence-electron chi connectivity index (χ4n) is 2.39. The van der Waals surface area contributed by atoms with Crippen LogP contribution in [0.5, 0.6) is 0 Å². The Balaban J connectivity index is 1.70. The molecule has 0 aromatic carbocycles. The summed E-state index contributed by atoms with van der Waals surface area (Å²) < 4.78 is 0. The van der Waals surface area contributed by atoms with Crippen molar-refractivity contribution in [3.05, 3.63) is 22.4 Å². The summed E-state index contributed by atoms with van der Waals surface area (Å²) in [6.07, 6.45) is 0.894. The van der Waals surface area contributed by atoms with Crippen LogP contribution in [0.4, 0.5) is 0 Å². The van der Waals surface area contributed by atoms with Crippen LogP contribution in [0.2, 0.25) is 0 Å². The third-order valence-corrected chi connectivity index (χ3v) is 4.32. The van der Waals surface area contributed by atoms with Gasteiger partial charge in [-0.25, -0.2) is 0 Å². The summed E-state index contributed by atoms with van der Waals surface area (Å²) in [6, 6.07) is 3.97. The first-order chi connectivity index (χ1) is 10.1. The molecule has 0 spiro atoms. The van der Waals surface area contributed by atoms with E-state index in [4.69, 9.17) is 5.11 Å². The van der Waals surface area contributed by atoms with Crippen LogP contribution in [0.25, 0.3) is 0 Å². The van der Waals surface area contributed by atoms with Gasteiger partial charge in [-0.1, -0.05) is 6.07 Å². The van der Waals surface area contributed by atoms with E-state index < -0.39 is 5.97 Å². The summed E-state index contributed by atoms with van der Waals surface area (Å²) in [5.41, 5.74) is 0. The number of amides is 1. The Morgan fingerprint density at radius 3 is 2.52 bits per heavy atom. The van der Waals surface area contributed by atoms with Gasteiger partial charge >= 0.3 is 5.97 Å². The van der Waals surface area contributed by atoms with Gasteiger partial charge in [-0.15, -0.1) is 11.3 Å². The lowest BCUT2D eigenvalue weighted by Gasteiger charge is -2.20. The molecule has 0 unspecified atom stereocenters. The van der Waals surface area contributed by atoms with Crippen LogP contribution in [0.3, 0.4) is 0 Å². The van der Waals surface area contributed by atoms with Gasteiger partial charge in [0.15, 0.2) is 0 Å². The molecule has 2 N–H and O–H groups in total. The maximum atomic E-state index is 11.9. The van der Waals surface area contributed by atoms with E-state index in [9.17, 15) is 9.59 Å². The van der Waals surface area contributed by atoms with Gasteiger partial charge in [0.25, 0.3) is 0 Å². The summed E-state index contributed by atoms with van der Waals surface area (Å²) >= 11 is 1.63. The molecule has 1 aliphatic heterocycles. The smallest absolute Gasteiger partial charge is 0.317 e. The lowest BCUT2D eigenvalue weighted by Crippen LogP contribution is -2.39. The molecular weight excluding hydrogens is 290 g/mol. The van der Waals surface area contributed by atoms with Gasteiger partial charge < -0.3 is 10.4 Å². The maximum Gasteiger partial charge on any atom is 0.317 e.